The van der Waals surface area contributed by atoms with Crippen molar-refractivity contribution < 1.29 is 22.0 Å². The quantitative estimate of drug-likeness (QED) is 0.805. The van der Waals surface area contributed by atoms with Gasteiger partial charge in [0.05, 0.1) is 17.5 Å². The van der Waals surface area contributed by atoms with Crippen molar-refractivity contribution in [2.75, 3.05) is 31.1 Å². The second-order valence-corrected chi connectivity index (χ2v) is 9.43. The van der Waals surface area contributed by atoms with Crippen molar-refractivity contribution in [1.82, 2.24) is 9.80 Å². The number of carbonyl (C=O) groups is 1. The molecule has 0 N–H and O–H groups in total. The molecule has 136 valence electrons. The minimum atomic E-state index is -3.21. The van der Waals surface area contributed by atoms with Crippen molar-refractivity contribution in [3.63, 3.8) is 0 Å². The fourth-order valence-corrected chi connectivity index (χ4v) is 5.94. The van der Waals surface area contributed by atoms with Crippen molar-refractivity contribution >= 4 is 15.7 Å². The lowest BCUT2D eigenvalue weighted by atomic mass is 10.0. The van der Waals surface area contributed by atoms with Crippen LogP contribution >= 0.6 is 0 Å². The van der Waals surface area contributed by atoms with Crippen molar-refractivity contribution in [1.29, 1.82) is 0 Å². The van der Waals surface area contributed by atoms with Crippen LogP contribution in [0.3, 0.4) is 0 Å². The van der Waals surface area contributed by atoms with Gasteiger partial charge in [-0.25, -0.2) is 17.2 Å². The molecule has 3 fully saturated rings. The first kappa shape index (κ1) is 16.9. The second-order valence-electron chi connectivity index (χ2n) is 7.28. The van der Waals surface area contributed by atoms with Gasteiger partial charge < -0.3 is 4.90 Å². The number of piperazine rings is 1. The van der Waals surface area contributed by atoms with Gasteiger partial charge in [0.15, 0.2) is 21.5 Å². The van der Waals surface area contributed by atoms with E-state index < -0.39 is 33.4 Å². The van der Waals surface area contributed by atoms with Gasteiger partial charge in [0.1, 0.15) is 0 Å². The molecule has 25 heavy (non-hydrogen) atoms. The van der Waals surface area contributed by atoms with E-state index in [1.165, 1.54) is 23.8 Å². The highest BCUT2D eigenvalue weighted by Gasteiger charge is 2.48. The van der Waals surface area contributed by atoms with Crippen molar-refractivity contribution in [2.45, 2.75) is 24.9 Å². The summed E-state index contributed by atoms with van der Waals surface area (Å²) in [5.74, 6) is -1.88. The lowest BCUT2D eigenvalue weighted by Crippen LogP contribution is -2.60. The number of amides is 1. The summed E-state index contributed by atoms with van der Waals surface area (Å²) in [6, 6.07) is 2.43. The SMILES string of the molecule is O=C(c1ccc(F)c(F)c1)N1CCN(CC2CC2)[C@@H]2CS(=O)(=O)C[C@@H]21. The minimum Gasteiger partial charge on any atom is -0.332 e. The van der Waals surface area contributed by atoms with E-state index in [1.54, 1.807) is 0 Å². The molecule has 1 saturated carbocycles. The number of hydrogen-bond donors (Lipinski definition) is 0. The number of hydrogen-bond acceptors (Lipinski definition) is 4. The van der Waals surface area contributed by atoms with Crippen LogP contribution in [0.5, 0.6) is 0 Å². The summed E-state index contributed by atoms with van der Waals surface area (Å²) < 4.78 is 50.9. The van der Waals surface area contributed by atoms with E-state index in [0.717, 1.165) is 18.7 Å². The Labute approximate surface area is 145 Å². The molecule has 3 aliphatic rings. The molecule has 0 spiro atoms. The maximum atomic E-state index is 13.5. The maximum Gasteiger partial charge on any atom is 0.254 e. The Kier molecular flexibility index (Phi) is 4.07. The molecule has 2 heterocycles. The fraction of sp³-hybridized carbons (Fsp3) is 0.588. The Balaban J connectivity index is 1.59. The molecule has 2 atom stereocenters. The van der Waals surface area contributed by atoms with E-state index >= 15 is 0 Å². The van der Waals surface area contributed by atoms with Gasteiger partial charge in [0.2, 0.25) is 0 Å². The first-order valence-electron chi connectivity index (χ1n) is 8.54. The van der Waals surface area contributed by atoms with E-state index in [0.29, 0.717) is 19.0 Å². The summed E-state index contributed by atoms with van der Waals surface area (Å²) in [5.41, 5.74) is 0.0533. The molecule has 0 radical (unpaired) electrons. The third-order valence-electron chi connectivity index (χ3n) is 5.41. The van der Waals surface area contributed by atoms with Gasteiger partial charge in [-0.05, 0) is 37.0 Å². The zero-order valence-corrected chi connectivity index (χ0v) is 14.5. The highest BCUT2D eigenvalue weighted by Crippen LogP contribution is 2.34. The second kappa shape index (κ2) is 6.02. The molecule has 1 aliphatic carbocycles. The van der Waals surface area contributed by atoms with Crippen LogP contribution in [-0.4, -0.2) is 67.3 Å². The third kappa shape index (κ3) is 3.29. The van der Waals surface area contributed by atoms with Crippen LogP contribution < -0.4 is 0 Å². The molecule has 5 nitrogen and oxygen atoms in total. The molecule has 0 aromatic heterocycles. The predicted molar refractivity (Wildman–Crippen MR) is 87.9 cm³/mol. The van der Waals surface area contributed by atoms with Gasteiger partial charge in [-0.1, -0.05) is 0 Å². The topological polar surface area (TPSA) is 57.7 Å². The van der Waals surface area contributed by atoms with Crippen LogP contribution in [0.1, 0.15) is 23.2 Å². The molecule has 1 aromatic rings. The summed E-state index contributed by atoms with van der Waals surface area (Å²) in [6.45, 7) is 1.90. The molecule has 0 unspecified atom stereocenters. The monoisotopic (exact) mass is 370 g/mol. The molecule has 1 amide bonds. The van der Waals surface area contributed by atoms with Crippen molar-refractivity contribution in [3.05, 3.63) is 35.4 Å². The molecule has 8 heteroatoms. The smallest absolute Gasteiger partial charge is 0.254 e. The molecule has 2 saturated heterocycles. The summed E-state index contributed by atoms with van der Waals surface area (Å²) in [5, 5.41) is 0. The van der Waals surface area contributed by atoms with Crippen molar-refractivity contribution in [2.24, 2.45) is 5.92 Å². The number of halogens is 2. The first-order chi connectivity index (χ1) is 11.8. The van der Waals surface area contributed by atoms with E-state index in [1.807, 2.05) is 0 Å². The average molecular weight is 370 g/mol. The molecule has 0 bridgehead atoms. The van der Waals surface area contributed by atoms with Crippen LogP contribution in [0.2, 0.25) is 0 Å². The number of benzene rings is 1. The predicted octanol–water partition coefficient (Wildman–Crippen LogP) is 1.30. The van der Waals surface area contributed by atoms with Gasteiger partial charge in [0.25, 0.3) is 5.91 Å². The van der Waals surface area contributed by atoms with Crippen LogP contribution in [0, 0.1) is 17.6 Å². The summed E-state index contributed by atoms with van der Waals surface area (Å²) in [4.78, 5) is 16.5. The van der Waals surface area contributed by atoms with Crippen LogP contribution in [0.15, 0.2) is 18.2 Å². The number of nitrogens with zero attached hydrogens (tertiary/aromatic N) is 2. The number of rotatable bonds is 3. The van der Waals surface area contributed by atoms with E-state index in [2.05, 4.69) is 4.90 Å². The Hall–Kier alpha value is -1.54. The van der Waals surface area contributed by atoms with Gasteiger partial charge in [0, 0.05) is 31.2 Å². The summed E-state index contributed by atoms with van der Waals surface area (Å²) in [7, 11) is -3.21. The number of sulfone groups is 1. The fourth-order valence-electron chi connectivity index (χ4n) is 3.93. The molecule has 1 aromatic carbocycles. The number of fused-ring (bicyclic) bond motifs is 1. The van der Waals surface area contributed by atoms with Gasteiger partial charge in [-0.2, -0.15) is 0 Å². The normalized spacial score (nSPS) is 28.8. The van der Waals surface area contributed by atoms with E-state index in [-0.39, 0.29) is 23.1 Å². The Morgan fingerprint density at radius 1 is 1.08 bits per heavy atom. The summed E-state index contributed by atoms with van der Waals surface area (Å²) >= 11 is 0. The molecule has 2 aliphatic heterocycles. The Morgan fingerprint density at radius 2 is 1.80 bits per heavy atom. The Morgan fingerprint density at radius 3 is 2.48 bits per heavy atom. The maximum absolute atomic E-state index is 13.5. The highest BCUT2D eigenvalue weighted by atomic mass is 32.2. The van der Waals surface area contributed by atoms with Gasteiger partial charge in [-0.3, -0.25) is 9.69 Å². The first-order valence-corrected chi connectivity index (χ1v) is 10.4. The van der Waals surface area contributed by atoms with Gasteiger partial charge in [-0.15, -0.1) is 0 Å². The van der Waals surface area contributed by atoms with E-state index in [4.69, 9.17) is 0 Å². The molecular weight excluding hydrogens is 350 g/mol. The average Bonchev–Trinajstić information content (AvgIpc) is 3.30. The van der Waals surface area contributed by atoms with Crippen LogP contribution in [0.25, 0.3) is 0 Å². The number of carbonyl (C=O) groups excluding carboxylic acids is 1. The summed E-state index contributed by atoms with van der Waals surface area (Å²) in [6.07, 6.45) is 2.36. The van der Waals surface area contributed by atoms with Crippen LogP contribution in [-0.2, 0) is 9.84 Å². The Bertz CT molecular complexity index is 810. The minimum absolute atomic E-state index is 0.0533. The lowest BCUT2D eigenvalue weighted by Gasteiger charge is -2.44. The zero-order valence-electron chi connectivity index (χ0n) is 13.7. The molecule has 4 rings (SSSR count). The third-order valence-corrected chi connectivity index (χ3v) is 7.11. The van der Waals surface area contributed by atoms with E-state index in [9.17, 15) is 22.0 Å². The zero-order chi connectivity index (χ0) is 17.8. The van der Waals surface area contributed by atoms with Crippen molar-refractivity contribution in [3.8, 4) is 0 Å². The van der Waals surface area contributed by atoms with Crippen LogP contribution in [0.4, 0.5) is 8.78 Å². The lowest BCUT2D eigenvalue weighted by molar-refractivity contribution is 0.0317. The standard InChI is InChI=1S/C17H20F2N2O3S/c18-13-4-3-12(7-14(13)19)17(22)21-6-5-20(8-11-1-2-11)15-9-25(23,24)10-16(15)21/h3-4,7,11,15-16H,1-2,5-6,8-10H2/t15-,16+/m1/s1. The molecular formula is C17H20F2N2O3S. The highest BCUT2D eigenvalue weighted by molar-refractivity contribution is 7.91. The largest absolute Gasteiger partial charge is 0.332 e. The van der Waals surface area contributed by atoms with Gasteiger partial charge >= 0.3 is 0 Å².